The molecule has 0 atom stereocenters. The van der Waals surface area contributed by atoms with Gasteiger partial charge in [-0.15, -0.1) is 11.3 Å². The average Bonchev–Trinajstić information content (AvgIpc) is 3.01. The van der Waals surface area contributed by atoms with Crippen molar-refractivity contribution in [3.8, 4) is 0 Å². The lowest BCUT2D eigenvalue weighted by Crippen LogP contribution is -2.32. The molecule has 0 radical (unpaired) electrons. The number of rotatable bonds is 4. The lowest BCUT2D eigenvalue weighted by molar-refractivity contribution is 0.0769. The topological polar surface area (TPSA) is 80.5 Å². The number of amides is 1. The van der Waals surface area contributed by atoms with Crippen molar-refractivity contribution in [2.24, 2.45) is 10.6 Å². The molecule has 0 spiro atoms. The van der Waals surface area contributed by atoms with Crippen LogP contribution in [0.3, 0.4) is 0 Å². The first kappa shape index (κ1) is 16.5. The third kappa shape index (κ3) is 3.00. The summed E-state index contributed by atoms with van der Waals surface area (Å²) in [5, 5.41) is 6.77. The van der Waals surface area contributed by atoms with Crippen LogP contribution in [-0.4, -0.2) is 32.3 Å². The quantitative estimate of drug-likeness (QED) is 0.920. The molecular formula is C14H22N2O3S2. The van der Waals surface area contributed by atoms with Crippen molar-refractivity contribution in [2.75, 3.05) is 13.1 Å². The summed E-state index contributed by atoms with van der Waals surface area (Å²) < 4.78 is 23.0. The highest BCUT2D eigenvalue weighted by Gasteiger charge is 2.38. The van der Waals surface area contributed by atoms with Crippen LogP contribution in [0.2, 0.25) is 0 Å². The first-order chi connectivity index (χ1) is 9.74. The largest absolute Gasteiger partial charge is 0.338 e. The summed E-state index contributed by atoms with van der Waals surface area (Å²) in [5.41, 5.74) is 1.15. The number of hydrogen-bond donors (Lipinski definition) is 1. The Morgan fingerprint density at radius 2 is 2.05 bits per heavy atom. The molecule has 2 heterocycles. The van der Waals surface area contributed by atoms with Crippen LogP contribution in [0.5, 0.6) is 0 Å². The van der Waals surface area contributed by atoms with E-state index in [2.05, 4.69) is 13.8 Å². The van der Waals surface area contributed by atoms with E-state index in [0.29, 0.717) is 11.1 Å². The van der Waals surface area contributed by atoms with Gasteiger partial charge in [-0.05, 0) is 37.2 Å². The molecular weight excluding hydrogens is 308 g/mol. The van der Waals surface area contributed by atoms with Gasteiger partial charge in [0, 0.05) is 18.5 Å². The number of nitrogens with two attached hydrogens (primary N) is 1. The normalized spacial score (nSPS) is 18.2. The van der Waals surface area contributed by atoms with E-state index >= 15 is 0 Å². The third-order valence-corrected chi connectivity index (χ3v) is 7.39. The van der Waals surface area contributed by atoms with Gasteiger partial charge in [0.1, 0.15) is 4.21 Å². The molecule has 1 saturated heterocycles. The van der Waals surface area contributed by atoms with E-state index in [-0.39, 0.29) is 15.5 Å². The Morgan fingerprint density at radius 1 is 1.43 bits per heavy atom. The summed E-state index contributed by atoms with van der Waals surface area (Å²) in [4.78, 5) is 14.5. The van der Waals surface area contributed by atoms with E-state index in [1.807, 2.05) is 4.90 Å². The summed E-state index contributed by atoms with van der Waals surface area (Å²) in [5.74, 6) is -0.0811. The maximum atomic E-state index is 12.6. The van der Waals surface area contributed by atoms with E-state index in [1.54, 1.807) is 12.3 Å². The SMILES string of the molecule is CCC1(CC)CCN(C(=O)c2csc(S(N)(=O)=O)c2C)C1. The minimum absolute atomic E-state index is 0.0811. The Morgan fingerprint density at radius 3 is 2.48 bits per heavy atom. The number of nitrogens with zero attached hydrogens (tertiary/aromatic N) is 1. The fourth-order valence-corrected chi connectivity index (χ4v) is 5.00. The first-order valence-electron chi connectivity index (χ1n) is 7.14. The molecule has 5 nitrogen and oxygen atoms in total. The van der Waals surface area contributed by atoms with Gasteiger partial charge in [0.05, 0.1) is 5.56 Å². The number of carbonyl (C=O) groups is 1. The van der Waals surface area contributed by atoms with Crippen molar-refractivity contribution in [1.29, 1.82) is 0 Å². The van der Waals surface area contributed by atoms with Crippen molar-refractivity contribution in [3.63, 3.8) is 0 Å². The van der Waals surface area contributed by atoms with Crippen molar-refractivity contribution in [3.05, 3.63) is 16.5 Å². The van der Waals surface area contributed by atoms with E-state index in [0.717, 1.165) is 43.7 Å². The zero-order chi connectivity index (χ0) is 15.8. The Hall–Kier alpha value is -0.920. The first-order valence-corrected chi connectivity index (χ1v) is 9.57. The highest BCUT2D eigenvalue weighted by Crippen LogP contribution is 2.38. The monoisotopic (exact) mass is 330 g/mol. The standard InChI is InChI=1S/C14H22N2O3S2/c1-4-14(5-2)6-7-16(9-14)12(17)11-8-20-13(10(11)3)21(15,18)19/h8H,4-7,9H2,1-3H3,(H2,15,18,19). The van der Waals surface area contributed by atoms with Crippen LogP contribution in [0.1, 0.15) is 49.0 Å². The van der Waals surface area contributed by atoms with Gasteiger partial charge in [0.15, 0.2) is 0 Å². The van der Waals surface area contributed by atoms with E-state index in [9.17, 15) is 13.2 Å². The highest BCUT2D eigenvalue weighted by atomic mass is 32.2. The van der Waals surface area contributed by atoms with Crippen LogP contribution in [-0.2, 0) is 10.0 Å². The minimum atomic E-state index is -3.75. The lowest BCUT2D eigenvalue weighted by Gasteiger charge is -2.26. The van der Waals surface area contributed by atoms with Gasteiger partial charge in [-0.1, -0.05) is 13.8 Å². The van der Waals surface area contributed by atoms with Crippen molar-refractivity contribution >= 4 is 27.3 Å². The fourth-order valence-electron chi connectivity index (χ4n) is 3.00. The molecule has 21 heavy (non-hydrogen) atoms. The number of primary sulfonamides is 1. The van der Waals surface area contributed by atoms with Gasteiger partial charge >= 0.3 is 0 Å². The van der Waals surface area contributed by atoms with E-state index in [4.69, 9.17) is 5.14 Å². The molecule has 1 fully saturated rings. The van der Waals surface area contributed by atoms with Gasteiger partial charge in [0.25, 0.3) is 5.91 Å². The second-order valence-corrected chi connectivity index (χ2v) is 8.43. The van der Waals surface area contributed by atoms with Crippen LogP contribution < -0.4 is 5.14 Å². The van der Waals surface area contributed by atoms with Crippen molar-refractivity contribution < 1.29 is 13.2 Å². The van der Waals surface area contributed by atoms with E-state index < -0.39 is 10.0 Å². The van der Waals surface area contributed by atoms with Crippen molar-refractivity contribution in [2.45, 2.75) is 44.2 Å². The number of sulfonamides is 1. The molecule has 1 amide bonds. The highest BCUT2D eigenvalue weighted by molar-refractivity contribution is 7.91. The second kappa shape index (κ2) is 5.70. The molecule has 118 valence electrons. The predicted octanol–water partition coefficient (Wildman–Crippen LogP) is 2.36. The Kier molecular flexibility index (Phi) is 4.46. The molecule has 2 rings (SSSR count). The molecule has 7 heteroatoms. The summed E-state index contributed by atoms with van der Waals surface area (Å²) in [6.07, 6.45) is 3.12. The summed E-state index contributed by atoms with van der Waals surface area (Å²) >= 11 is 1.02. The molecule has 1 aromatic rings. The molecule has 2 N–H and O–H groups in total. The summed E-state index contributed by atoms with van der Waals surface area (Å²) in [6.45, 7) is 7.45. The maximum Gasteiger partial charge on any atom is 0.255 e. The van der Waals surface area contributed by atoms with Gasteiger partial charge in [0.2, 0.25) is 10.0 Å². The maximum absolute atomic E-state index is 12.6. The Labute approximate surface area is 130 Å². The Balaban J connectivity index is 2.25. The zero-order valence-corrected chi connectivity index (χ0v) is 14.3. The molecule has 0 saturated carbocycles. The van der Waals surface area contributed by atoms with Gasteiger partial charge in [-0.2, -0.15) is 0 Å². The number of hydrogen-bond acceptors (Lipinski definition) is 4. The van der Waals surface area contributed by atoms with E-state index in [1.165, 1.54) is 0 Å². The van der Waals surface area contributed by atoms with Gasteiger partial charge in [-0.3, -0.25) is 4.79 Å². The molecule has 1 aliphatic rings. The number of thiophene rings is 1. The van der Waals surface area contributed by atoms with Gasteiger partial charge in [-0.25, -0.2) is 13.6 Å². The lowest BCUT2D eigenvalue weighted by atomic mass is 9.82. The van der Waals surface area contributed by atoms with Crippen molar-refractivity contribution in [1.82, 2.24) is 4.90 Å². The van der Waals surface area contributed by atoms with Crippen LogP contribution >= 0.6 is 11.3 Å². The molecule has 0 aliphatic carbocycles. The molecule has 0 unspecified atom stereocenters. The molecule has 0 aromatic carbocycles. The predicted molar refractivity (Wildman–Crippen MR) is 84.0 cm³/mol. The number of carbonyl (C=O) groups excluding carboxylic acids is 1. The molecule has 1 aliphatic heterocycles. The fraction of sp³-hybridized carbons (Fsp3) is 0.643. The van der Waals surface area contributed by atoms with Crippen LogP contribution in [0, 0.1) is 12.3 Å². The van der Waals surface area contributed by atoms with Crippen LogP contribution in [0.15, 0.2) is 9.59 Å². The third-order valence-electron chi connectivity index (χ3n) is 4.71. The Bertz CT molecular complexity index is 645. The molecule has 1 aromatic heterocycles. The minimum Gasteiger partial charge on any atom is -0.338 e. The summed E-state index contributed by atoms with van der Waals surface area (Å²) in [6, 6.07) is 0. The van der Waals surface area contributed by atoms with Gasteiger partial charge < -0.3 is 4.90 Å². The summed E-state index contributed by atoms with van der Waals surface area (Å²) in [7, 11) is -3.75. The smallest absolute Gasteiger partial charge is 0.255 e. The van der Waals surface area contributed by atoms with Crippen LogP contribution in [0.4, 0.5) is 0 Å². The zero-order valence-electron chi connectivity index (χ0n) is 12.7. The average molecular weight is 330 g/mol. The number of likely N-dealkylation sites (tertiary alicyclic amines) is 1. The van der Waals surface area contributed by atoms with Crippen LogP contribution in [0.25, 0.3) is 0 Å². The second-order valence-electron chi connectivity index (χ2n) is 5.79. The molecule has 0 bridgehead atoms.